The molecule has 3 nitrogen and oxygen atoms in total. The van der Waals surface area contributed by atoms with E-state index in [0.717, 1.165) is 17.8 Å². The van der Waals surface area contributed by atoms with Crippen LogP contribution in [0.2, 0.25) is 0 Å². The molecule has 2 rings (SSSR count). The molecular weight excluding hydrogens is 274 g/mol. The van der Waals surface area contributed by atoms with Gasteiger partial charge in [-0.3, -0.25) is 4.98 Å². The normalized spacial score (nSPS) is 15.5. The van der Waals surface area contributed by atoms with Crippen molar-refractivity contribution in [3.63, 3.8) is 0 Å². The minimum Gasteiger partial charge on any atom is -0.387 e. The zero-order valence-electron chi connectivity index (χ0n) is 11.9. The van der Waals surface area contributed by atoms with Crippen molar-refractivity contribution in [2.75, 3.05) is 0 Å². The van der Waals surface area contributed by atoms with Crippen LogP contribution < -0.4 is 5.32 Å². The van der Waals surface area contributed by atoms with E-state index in [2.05, 4.69) is 10.3 Å². The average Bonchev–Trinajstić information content (AvgIpc) is 2.50. The Bertz CT molecular complexity index is 592. The molecule has 3 atom stereocenters. The van der Waals surface area contributed by atoms with Crippen LogP contribution in [0.4, 0.5) is 8.78 Å². The molecule has 112 valence electrons. The van der Waals surface area contributed by atoms with Crippen LogP contribution in [0.1, 0.15) is 37.3 Å². The summed E-state index contributed by atoms with van der Waals surface area (Å²) in [5, 5.41) is 13.4. The number of nitrogens with zero attached hydrogens (tertiary/aromatic N) is 1. The molecule has 0 radical (unpaired) electrons. The van der Waals surface area contributed by atoms with Crippen LogP contribution in [0.3, 0.4) is 0 Å². The number of hydrogen-bond acceptors (Lipinski definition) is 3. The molecular formula is C16H18F2N2O. The van der Waals surface area contributed by atoms with Crippen molar-refractivity contribution in [2.24, 2.45) is 0 Å². The first-order valence-electron chi connectivity index (χ1n) is 6.79. The summed E-state index contributed by atoms with van der Waals surface area (Å²) in [6, 6.07) is 8.60. The fourth-order valence-electron chi connectivity index (χ4n) is 2.19. The number of benzene rings is 1. The molecule has 2 aromatic rings. The number of aliphatic hydroxyl groups excluding tert-OH is 1. The minimum atomic E-state index is -0.962. The third-order valence-corrected chi connectivity index (χ3v) is 3.40. The van der Waals surface area contributed by atoms with Gasteiger partial charge in [-0.2, -0.15) is 0 Å². The first kappa shape index (κ1) is 15.5. The van der Waals surface area contributed by atoms with Gasteiger partial charge in [-0.05, 0) is 43.7 Å². The van der Waals surface area contributed by atoms with Crippen molar-refractivity contribution in [3.8, 4) is 0 Å². The van der Waals surface area contributed by atoms with Gasteiger partial charge in [-0.25, -0.2) is 8.78 Å². The largest absolute Gasteiger partial charge is 0.387 e. The number of aromatic nitrogens is 1. The van der Waals surface area contributed by atoms with Gasteiger partial charge >= 0.3 is 0 Å². The zero-order chi connectivity index (χ0) is 15.4. The lowest BCUT2D eigenvalue weighted by molar-refractivity contribution is 0.130. The molecule has 0 spiro atoms. The van der Waals surface area contributed by atoms with Crippen LogP contribution in [0, 0.1) is 11.6 Å². The average molecular weight is 292 g/mol. The molecule has 0 amide bonds. The summed E-state index contributed by atoms with van der Waals surface area (Å²) in [5.41, 5.74) is 1.18. The van der Waals surface area contributed by atoms with Gasteiger partial charge in [-0.1, -0.05) is 12.1 Å². The summed E-state index contributed by atoms with van der Waals surface area (Å²) in [6.07, 6.45) is 0.760. The van der Waals surface area contributed by atoms with Gasteiger partial charge in [0, 0.05) is 18.3 Å². The lowest BCUT2D eigenvalue weighted by atomic mass is 10.0. The summed E-state index contributed by atoms with van der Waals surface area (Å²) in [5.74, 6) is -1.88. The Hall–Kier alpha value is -1.85. The first-order chi connectivity index (χ1) is 9.99. The van der Waals surface area contributed by atoms with Gasteiger partial charge in [0.25, 0.3) is 0 Å². The highest BCUT2D eigenvalue weighted by atomic mass is 19.2. The fourth-order valence-corrected chi connectivity index (χ4v) is 2.19. The van der Waals surface area contributed by atoms with Gasteiger partial charge < -0.3 is 10.4 Å². The maximum atomic E-state index is 13.2. The molecule has 0 aliphatic rings. The second kappa shape index (κ2) is 6.74. The van der Waals surface area contributed by atoms with Crippen LogP contribution in [0.15, 0.2) is 42.6 Å². The van der Waals surface area contributed by atoms with E-state index >= 15 is 0 Å². The molecule has 1 aromatic carbocycles. The molecule has 3 unspecified atom stereocenters. The van der Waals surface area contributed by atoms with Crippen LogP contribution in [-0.4, -0.2) is 16.1 Å². The molecule has 0 aliphatic heterocycles. The van der Waals surface area contributed by atoms with Crippen LogP contribution in [0.25, 0.3) is 0 Å². The number of nitrogens with one attached hydrogen (secondary N) is 1. The van der Waals surface area contributed by atoms with E-state index in [0.29, 0.717) is 5.56 Å². The molecule has 0 saturated carbocycles. The zero-order valence-corrected chi connectivity index (χ0v) is 11.9. The third-order valence-electron chi connectivity index (χ3n) is 3.40. The standard InChI is InChI=1S/C16H18F2N2O/c1-10(15-5-3-4-8-19-15)20-11(2)16(21)12-6-7-13(17)14(18)9-12/h3-11,16,20-21H,1-2H3. The van der Waals surface area contributed by atoms with Crippen molar-refractivity contribution < 1.29 is 13.9 Å². The summed E-state index contributed by atoms with van der Waals surface area (Å²) in [7, 11) is 0. The molecule has 0 fully saturated rings. The Morgan fingerprint density at radius 2 is 1.86 bits per heavy atom. The van der Waals surface area contributed by atoms with E-state index in [1.54, 1.807) is 13.1 Å². The van der Waals surface area contributed by atoms with E-state index in [1.807, 2.05) is 25.1 Å². The Labute approximate surface area is 122 Å². The third kappa shape index (κ3) is 3.83. The predicted octanol–water partition coefficient (Wildman–Crippen LogP) is 3.13. The molecule has 0 saturated heterocycles. The maximum Gasteiger partial charge on any atom is 0.159 e. The maximum absolute atomic E-state index is 13.2. The van der Waals surface area contributed by atoms with E-state index in [9.17, 15) is 13.9 Å². The van der Waals surface area contributed by atoms with Crippen molar-refractivity contribution in [1.29, 1.82) is 0 Å². The van der Waals surface area contributed by atoms with Gasteiger partial charge in [0.1, 0.15) is 0 Å². The minimum absolute atomic E-state index is 0.0684. The van der Waals surface area contributed by atoms with Gasteiger partial charge in [0.15, 0.2) is 11.6 Å². The highest BCUT2D eigenvalue weighted by molar-refractivity contribution is 5.21. The highest BCUT2D eigenvalue weighted by Crippen LogP contribution is 2.21. The molecule has 1 heterocycles. The predicted molar refractivity (Wildman–Crippen MR) is 76.6 cm³/mol. The Kier molecular flexibility index (Phi) is 4.98. The number of hydrogen-bond donors (Lipinski definition) is 2. The smallest absolute Gasteiger partial charge is 0.159 e. The number of aliphatic hydroxyl groups is 1. The topological polar surface area (TPSA) is 45.1 Å². The van der Waals surface area contributed by atoms with E-state index in [-0.39, 0.29) is 12.1 Å². The summed E-state index contributed by atoms with van der Waals surface area (Å²) in [6.45, 7) is 3.71. The van der Waals surface area contributed by atoms with Crippen molar-refractivity contribution in [1.82, 2.24) is 10.3 Å². The number of rotatable bonds is 5. The lowest BCUT2D eigenvalue weighted by Crippen LogP contribution is -2.34. The van der Waals surface area contributed by atoms with Crippen molar-refractivity contribution in [2.45, 2.75) is 32.0 Å². The highest BCUT2D eigenvalue weighted by Gasteiger charge is 2.20. The quantitative estimate of drug-likeness (QED) is 0.890. The van der Waals surface area contributed by atoms with E-state index in [1.165, 1.54) is 6.07 Å². The van der Waals surface area contributed by atoms with Crippen molar-refractivity contribution in [3.05, 3.63) is 65.5 Å². The Balaban J connectivity index is 2.05. The van der Waals surface area contributed by atoms with E-state index in [4.69, 9.17) is 0 Å². The van der Waals surface area contributed by atoms with Gasteiger partial charge in [0.2, 0.25) is 0 Å². The molecule has 21 heavy (non-hydrogen) atoms. The Morgan fingerprint density at radius 3 is 2.48 bits per heavy atom. The molecule has 2 N–H and O–H groups in total. The monoisotopic (exact) mass is 292 g/mol. The molecule has 0 bridgehead atoms. The number of pyridine rings is 1. The molecule has 1 aromatic heterocycles. The summed E-state index contributed by atoms with van der Waals surface area (Å²) in [4.78, 5) is 4.24. The SMILES string of the molecule is CC(NC(C)C(O)c1ccc(F)c(F)c1)c1ccccn1. The fraction of sp³-hybridized carbons (Fsp3) is 0.312. The van der Waals surface area contributed by atoms with Crippen LogP contribution in [-0.2, 0) is 0 Å². The van der Waals surface area contributed by atoms with Crippen LogP contribution in [0.5, 0.6) is 0 Å². The van der Waals surface area contributed by atoms with Crippen molar-refractivity contribution >= 4 is 0 Å². The molecule has 5 heteroatoms. The number of halogens is 2. The lowest BCUT2D eigenvalue weighted by Gasteiger charge is -2.24. The first-order valence-corrected chi connectivity index (χ1v) is 6.79. The second-order valence-electron chi connectivity index (χ2n) is 5.05. The molecule has 0 aliphatic carbocycles. The Morgan fingerprint density at radius 1 is 1.10 bits per heavy atom. The summed E-state index contributed by atoms with van der Waals surface area (Å²) >= 11 is 0. The second-order valence-corrected chi connectivity index (χ2v) is 5.05. The van der Waals surface area contributed by atoms with E-state index < -0.39 is 17.7 Å². The van der Waals surface area contributed by atoms with Gasteiger partial charge in [0.05, 0.1) is 11.8 Å². The summed E-state index contributed by atoms with van der Waals surface area (Å²) < 4.78 is 26.1. The van der Waals surface area contributed by atoms with Crippen LogP contribution >= 0.6 is 0 Å². The van der Waals surface area contributed by atoms with Gasteiger partial charge in [-0.15, -0.1) is 0 Å².